The number of ether oxygens (including phenoxy) is 2. The van der Waals surface area contributed by atoms with Crippen LogP contribution in [-0.2, 0) is 16.0 Å². The van der Waals surface area contributed by atoms with Crippen molar-refractivity contribution in [2.45, 2.75) is 38.6 Å². The van der Waals surface area contributed by atoms with Gasteiger partial charge in [-0.3, -0.25) is 4.99 Å². The zero-order valence-corrected chi connectivity index (χ0v) is 16.1. The number of carbonyl (C=O) groups is 1. The number of benzene rings is 1. The van der Waals surface area contributed by atoms with Crippen LogP contribution in [0.2, 0.25) is 0 Å². The molecule has 144 valence electrons. The molecule has 0 heterocycles. The van der Waals surface area contributed by atoms with Crippen LogP contribution in [-0.4, -0.2) is 46.3 Å². The summed E-state index contributed by atoms with van der Waals surface area (Å²) in [6.45, 7) is 2.36. The topological polar surface area (TPSA) is 72.0 Å². The number of hydrogen-bond acceptors (Lipinski definition) is 4. The summed E-state index contributed by atoms with van der Waals surface area (Å²) in [5.74, 6) is 0.477. The standard InChI is InChI=1S/C20H31N3O3/c1-21-19(23-15-20(12-13-25-2)10-4-5-11-20)22-14-16-6-8-17(9-7-16)18(24)26-3/h6-9H,4-5,10-15H2,1-3H3,(H2,21,22,23). The molecule has 0 saturated heterocycles. The van der Waals surface area contributed by atoms with Crippen LogP contribution in [0.4, 0.5) is 0 Å². The van der Waals surface area contributed by atoms with E-state index in [1.807, 2.05) is 12.1 Å². The van der Waals surface area contributed by atoms with E-state index >= 15 is 0 Å². The number of nitrogens with zero attached hydrogens (tertiary/aromatic N) is 1. The molecule has 6 nitrogen and oxygen atoms in total. The van der Waals surface area contributed by atoms with Crippen molar-refractivity contribution in [1.29, 1.82) is 0 Å². The quantitative estimate of drug-likeness (QED) is 0.423. The lowest BCUT2D eigenvalue weighted by Gasteiger charge is -2.30. The molecule has 0 bridgehead atoms. The average molecular weight is 361 g/mol. The first-order chi connectivity index (χ1) is 12.6. The molecule has 1 aliphatic carbocycles. The number of esters is 1. The van der Waals surface area contributed by atoms with Crippen LogP contribution < -0.4 is 10.6 Å². The summed E-state index contributed by atoms with van der Waals surface area (Å²) in [6, 6.07) is 7.39. The van der Waals surface area contributed by atoms with E-state index in [1.54, 1.807) is 26.3 Å². The van der Waals surface area contributed by atoms with Crippen LogP contribution >= 0.6 is 0 Å². The van der Waals surface area contributed by atoms with Crippen molar-refractivity contribution in [3.8, 4) is 0 Å². The summed E-state index contributed by atoms with van der Waals surface area (Å²) in [5.41, 5.74) is 1.95. The molecule has 1 aromatic rings. The van der Waals surface area contributed by atoms with Gasteiger partial charge in [0.2, 0.25) is 0 Å². The van der Waals surface area contributed by atoms with Crippen LogP contribution in [0.15, 0.2) is 29.3 Å². The van der Waals surface area contributed by atoms with E-state index in [9.17, 15) is 4.79 Å². The van der Waals surface area contributed by atoms with Crippen LogP contribution in [0, 0.1) is 5.41 Å². The Hall–Kier alpha value is -2.08. The van der Waals surface area contributed by atoms with Crippen molar-refractivity contribution in [3.05, 3.63) is 35.4 Å². The molecule has 0 spiro atoms. The van der Waals surface area contributed by atoms with E-state index in [-0.39, 0.29) is 5.97 Å². The molecule has 0 unspecified atom stereocenters. The largest absolute Gasteiger partial charge is 0.465 e. The minimum absolute atomic E-state index is 0.315. The number of aliphatic imine (C=N–C) groups is 1. The molecule has 26 heavy (non-hydrogen) atoms. The summed E-state index contributed by atoms with van der Waals surface area (Å²) in [5, 5.41) is 6.82. The van der Waals surface area contributed by atoms with Gasteiger partial charge >= 0.3 is 5.97 Å². The normalized spacial score (nSPS) is 16.3. The fourth-order valence-corrected chi connectivity index (χ4v) is 3.51. The summed E-state index contributed by atoms with van der Waals surface area (Å²) in [7, 11) is 4.94. The molecule has 2 rings (SSSR count). The Morgan fingerprint density at radius 3 is 2.42 bits per heavy atom. The highest BCUT2D eigenvalue weighted by Gasteiger charge is 2.33. The smallest absolute Gasteiger partial charge is 0.337 e. The molecular formula is C20H31N3O3. The Kier molecular flexibility index (Phi) is 7.91. The summed E-state index contributed by atoms with van der Waals surface area (Å²) >= 11 is 0. The number of rotatable bonds is 8. The van der Waals surface area contributed by atoms with Crippen molar-refractivity contribution in [2.75, 3.05) is 34.4 Å². The minimum atomic E-state index is -0.320. The highest BCUT2D eigenvalue weighted by atomic mass is 16.5. The van der Waals surface area contributed by atoms with E-state index in [1.165, 1.54) is 32.8 Å². The summed E-state index contributed by atoms with van der Waals surface area (Å²) in [4.78, 5) is 15.8. The van der Waals surface area contributed by atoms with Gasteiger partial charge in [0.05, 0.1) is 12.7 Å². The Labute approximate surface area is 156 Å². The molecule has 2 N–H and O–H groups in total. The van der Waals surface area contributed by atoms with Gasteiger partial charge in [0, 0.05) is 33.9 Å². The lowest BCUT2D eigenvalue weighted by molar-refractivity contribution is 0.0600. The highest BCUT2D eigenvalue weighted by Crippen LogP contribution is 2.40. The van der Waals surface area contributed by atoms with Crippen LogP contribution in [0.3, 0.4) is 0 Å². The van der Waals surface area contributed by atoms with Crippen molar-refractivity contribution in [2.24, 2.45) is 10.4 Å². The molecule has 0 radical (unpaired) electrons. The number of guanidine groups is 1. The van der Waals surface area contributed by atoms with Gasteiger partial charge in [-0.15, -0.1) is 0 Å². The third kappa shape index (κ3) is 5.73. The maximum atomic E-state index is 11.5. The van der Waals surface area contributed by atoms with Crippen molar-refractivity contribution >= 4 is 11.9 Å². The third-order valence-electron chi connectivity index (χ3n) is 5.19. The number of methoxy groups -OCH3 is 2. The fourth-order valence-electron chi connectivity index (χ4n) is 3.51. The third-order valence-corrected chi connectivity index (χ3v) is 5.19. The first-order valence-electron chi connectivity index (χ1n) is 9.23. The predicted molar refractivity (Wildman–Crippen MR) is 103 cm³/mol. The van der Waals surface area contributed by atoms with Crippen molar-refractivity contribution in [1.82, 2.24) is 10.6 Å². The first kappa shape index (κ1) is 20.2. The van der Waals surface area contributed by atoms with Crippen LogP contribution in [0.25, 0.3) is 0 Å². The molecule has 1 fully saturated rings. The summed E-state index contributed by atoms with van der Waals surface area (Å²) in [6.07, 6.45) is 6.17. The predicted octanol–water partition coefficient (Wildman–Crippen LogP) is 2.74. The number of nitrogens with one attached hydrogen (secondary N) is 2. The zero-order valence-electron chi connectivity index (χ0n) is 16.1. The average Bonchev–Trinajstić information content (AvgIpc) is 3.15. The maximum Gasteiger partial charge on any atom is 0.337 e. The molecule has 0 atom stereocenters. The highest BCUT2D eigenvalue weighted by molar-refractivity contribution is 5.89. The summed E-state index contributed by atoms with van der Waals surface area (Å²) < 4.78 is 10.0. The number of carbonyl (C=O) groups excluding carboxylic acids is 1. The van der Waals surface area contributed by atoms with E-state index in [0.717, 1.165) is 31.1 Å². The fraction of sp³-hybridized carbons (Fsp3) is 0.600. The molecule has 1 aliphatic rings. The second kappa shape index (κ2) is 10.2. The first-order valence-corrected chi connectivity index (χ1v) is 9.23. The zero-order chi connectivity index (χ0) is 18.8. The van der Waals surface area contributed by atoms with Gasteiger partial charge in [0.25, 0.3) is 0 Å². The Bertz CT molecular complexity index is 593. The second-order valence-electron chi connectivity index (χ2n) is 6.92. The Morgan fingerprint density at radius 1 is 1.15 bits per heavy atom. The lowest BCUT2D eigenvalue weighted by Crippen LogP contribution is -2.43. The van der Waals surface area contributed by atoms with Gasteiger partial charge in [-0.1, -0.05) is 25.0 Å². The van der Waals surface area contributed by atoms with Crippen molar-refractivity contribution < 1.29 is 14.3 Å². The maximum absolute atomic E-state index is 11.5. The van der Waals surface area contributed by atoms with Crippen LogP contribution in [0.5, 0.6) is 0 Å². The van der Waals surface area contributed by atoms with Crippen LogP contribution in [0.1, 0.15) is 48.0 Å². The van der Waals surface area contributed by atoms with Gasteiger partial charge in [-0.25, -0.2) is 4.79 Å². The van der Waals surface area contributed by atoms with E-state index in [4.69, 9.17) is 9.47 Å². The molecule has 1 saturated carbocycles. The van der Waals surface area contributed by atoms with Gasteiger partial charge < -0.3 is 20.1 Å². The second-order valence-corrected chi connectivity index (χ2v) is 6.92. The number of hydrogen-bond donors (Lipinski definition) is 2. The van der Waals surface area contributed by atoms with Gasteiger partial charge in [-0.2, -0.15) is 0 Å². The monoisotopic (exact) mass is 361 g/mol. The molecule has 0 amide bonds. The van der Waals surface area contributed by atoms with E-state index in [0.29, 0.717) is 17.5 Å². The molecule has 1 aromatic carbocycles. The Morgan fingerprint density at radius 2 is 1.85 bits per heavy atom. The van der Waals surface area contributed by atoms with Gasteiger partial charge in [0.15, 0.2) is 5.96 Å². The van der Waals surface area contributed by atoms with E-state index < -0.39 is 0 Å². The molecule has 0 aliphatic heterocycles. The lowest BCUT2D eigenvalue weighted by atomic mass is 9.83. The van der Waals surface area contributed by atoms with Gasteiger partial charge in [-0.05, 0) is 42.4 Å². The molecular weight excluding hydrogens is 330 g/mol. The van der Waals surface area contributed by atoms with E-state index in [2.05, 4.69) is 15.6 Å². The SMILES string of the molecule is CN=C(NCc1ccc(C(=O)OC)cc1)NCC1(CCOC)CCCC1. The Balaban J connectivity index is 1.84. The molecule has 6 heteroatoms. The minimum Gasteiger partial charge on any atom is -0.465 e. The molecule has 0 aromatic heterocycles. The van der Waals surface area contributed by atoms with Gasteiger partial charge in [0.1, 0.15) is 0 Å². The van der Waals surface area contributed by atoms with Crippen molar-refractivity contribution in [3.63, 3.8) is 0 Å².